The predicted octanol–water partition coefficient (Wildman–Crippen LogP) is 3.41. The van der Waals surface area contributed by atoms with Crippen LogP contribution in [-0.2, 0) is 0 Å². The van der Waals surface area contributed by atoms with Crippen LogP contribution in [0.25, 0.3) is 0 Å². The molecule has 0 bridgehead atoms. The lowest BCUT2D eigenvalue weighted by Crippen LogP contribution is -2.35. The van der Waals surface area contributed by atoms with E-state index in [0.717, 1.165) is 26.1 Å². The number of rotatable bonds is 4. The molecule has 4 nitrogen and oxygen atoms in total. The maximum Gasteiger partial charge on any atom is 0.411 e. The molecule has 0 aromatic heterocycles. The van der Waals surface area contributed by atoms with Crippen molar-refractivity contribution in [3.63, 3.8) is 0 Å². The van der Waals surface area contributed by atoms with E-state index in [1.807, 2.05) is 0 Å². The van der Waals surface area contributed by atoms with Crippen molar-refractivity contribution in [2.24, 2.45) is 5.92 Å². The van der Waals surface area contributed by atoms with E-state index in [1.165, 1.54) is 23.1 Å². The molecule has 1 atom stereocenters. The summed E-state index contributed by atoms with van der Waals surface area (Å²) in [6.45, 7) is 5.46. The minimum absolute atomic E-state index is 0.322. The summed E-state index contributed by atoms with van der Waals surface area (Å²) in [6, 6.07) is 4.07. The van der Waals surface area contributed by atoms with Gasteiger partial charge in [0.1, 0.15) is 5.82 Å². The normalized spacial score (nSPS) is 19.2. The largest absolute Gasteiger partial charge is 0.465 e. The molecule has 1 amide bonds. The summed E-state index contributed by atoms with van der Waals surface area (Å²) in [6.07, 6.45) is -0.0107. The zero-order chi connectivity index (χ0) is 14.7. The molecule has 1 N–H and O–H groups in total. The monoisotopic (exact) mass is 344 g/mol. The summed E-state index contributed by atoms with van der Waals surface area (Å²) < 4.78 is 13.6. The van der Waals surface area contributed by atoms with Crippen molar-refractivity contribution in [2.45, 2.75) is 13.3 Å². The van der Waals surface area contributed by atoms with Gasteiger partial charge in [0, 0.05) is 17.6 Å². The highest BCUT2D eigenvalue weighted by molar-refractivity contribution is 9.10. The van der Waals surface area contributed by atoms with Gasteiger partial charge in [0.2, 0.25) is 0 Å². The standard InChI is InChI=1S/C14H18BrFN2O2/c1-2-17-6-5-10(8-17)9-18(14(19)20)13-4-3-11(16)7-12(13)15/h3-4,7,10H,2,5-6,8-9H2,1H3,(H,19,20)/t10-/m1/s1. The van der Waals surface area contributed by atoms with Gasteiger partial charge in [-0.3, -0.25) is 4.90 Å². The predicted molar refractivity (Wildman–Crippen MR) is 79.7 cm³/mol. The lowest BCUT2D eigenvalue weighted by Gasteiger charge is -2.24. The maximum atomic E-state index is 13.1. The average Bonchev–Trinajstić information content (AvgIpc) is 2.84. The Balaban J connectivity index is 2.13. The van der Waals surface area contributed by atoms with E-state index in [2.05, 4.69) is 27.8 Å². The summed E-state index contributed by atoms with van der Waals surface area (Å²) in [5.41, 5.74) is 0.494. The number of nitrogens with zero attached hydrogens (tertiary/aromatic N) is 2. The number of carboxylic acid groups (broad SMARTS) is 1. The highest BCUT2D eigenvalue weighted by atomic mass is 79.9. The summed E-state index contributed by atoms with van der Waals surface area (Å²) in [5, 5.41) is 9.40. The fourth-order valence-corrected chi connectivity index (χ4v) is 3.15. The average molecular weight is 345 g/mol. The SMILES string of the molecule is CCN1CC[C@@H](CN(C(=O)O)c2ccc(F)cc2Br)C1. The van der Waals surface area contributed by atoms with Crippen molar-refractivity contribution in [3.05, 3.63) is 28.5 Å². The van der Waals surface area contributed by atoms with Crippen LogP contribution in [-0.4, -0.2) is 42.3 Å². The van der Waals surface area contributed by atoms with Crippen molar-refractivity contribution < 1.29 is 14.3 Å². The topological polar surface area (TPSA) is 43.8 Å². The lowest BCUT2D eigenvalue weighted by atomic mass is 10.1. The molecule has 1 aliphatic rings. The van der Waals surface area contributed by atoms with E-state index in [-0.39, 0.29) is 5.82 Å². The van der Waals surface area contributed by atoms with Crippen LogP contribution in [0.2, 0.25) is 0 Å². The molecule has 1 aliphatic heterocycles. The number of amides is 1. The second-order valence-corrected chi connectivity index (χ2v) is 5.89. The van der Waals surface area contributed by atoms with Crippen LogP contribution in [0.5, 0.6) is 0 Å². The fourth-order valence-electron chi connectivity index (χ4n) is 2.59. The van der Waals surface area contributed by atoms with Crippen LogP contribution < -0.4 is 4.90 Å². The summed E-state index contributed by atoms with van der Waals surface area (Å²) in [7, 11) is 0. The van der Waals surface area contributed by atoms with Gasteiger partial charge >= 0.3 is 6.09 Å². The molecule has 0 radical (unpaired) electrons. The summed E-state index contributed by atoms with van der Waals surface area (Å²) >= 11 is 3.24. The highest BCUT2D eigenvalue weighted by Crippen LogP contribution is 2.29. The van der Waals surface area contributed by atoms with Crippen LogP contribution in [0.15, 0.2) is 22.7 Å². The van der Waals surface area contributed by atoms with Crippen LogP contribution in [0.3, 0.4) is 0 Å². The molecular formula is C14H18BrFN2O2. The van der Waals surface area contributed by atoms with Crippen LogP contribution >= 0.6 is 15.9 Å². The van der Waals surface area contributed by atoms with Gasteiger partial charge in [-0.25, -0.2) is 9.18 Å². The van der Waals surface area contributed by atoms with Gasteiger partial charge in [0.05, 0.1) is 5.69 Å². The molecule has 1 fully saturated rings. The Morgan fingerprint density at radius 2 is 2.35 bits per heavy atom. The Morgan fingerprint density at radius 1 is 1.60 bits per heavy atom. The zero-order valence-electron chi connectivity index (χ0n) is 11.4. The number of halogens is 2. The first-order valence-corrected chi connectivity index (χ1v) is 7.48. The van der Waals surface area contributed by atoms with E-state index in [0.29, 0.717) is 22.6 Å². The number of benzene rings is 1. The molecule has 1 aromatic carbocycles. The molecular weight excluding hydrogens is 327 g/mol. The van der Waals surface area contributed by atoms with Gasteiger partial charge < -0.3 is 10.0 Å². The molecule has 1 heterocycles. The molecule has 6 heteroatoms. The van der Waals surface area contributed by atoms with E-state index in [1.54, 1.807) is 0 Å². The van der Waals surface area contributed by atoms with E-state index >= 15 is 0 Å². The fraction of sp³-hybridized carbons (Fsp3) is 0.500. The molecule has 2 rings (SSSR count). The molecule has 1 saturated heterocycles. The molecule has 0 unspecified atom stereocenters. The van der Waals surface area contributed by atoms with Gasteiger partial charge in [-0.1, -0.05) is 6.92 Å². The number of anilines is 1. The number of likely N-dealkylation sites (tertiary alicyclic amines) is 1. The highest BCUT2D eigenvalue weighted by Gasteiger charge is 2.27. The van der Waals surface area contributed by atoms with Crippen molar-refractivity contribution in [1.82, 2.24) is 4.90 Å². The second kappa shape index (κ2) is 6.54. The van der Waals surface area contributed by atoms with Crippen molar-refractivity contribution >= 4 is 27.7 Å². The van der Waals surface area contributed by atoms with Crippen molar-refractivity contribution in [3.8, 4) is 0 Å². The van der Waals surface area contributed by atoms with Gasteiger partial charge in [-0.2, -0.15) is 0 Å². The number of carbonyl (C=O) groups is 1. The van der Waals surface area contributed by atoms with Gasteiger partial charge in [-0.05, 0) is 59.6 Å². The molecule has 110 valence electrons. The Labute approximate surface area is 126 Å². The smallest absolute Gasteiger partial charge is 0.411 e. The maximum absolute atomic E-state index is 13.1. The molecule has 0 saturated carbocycles. The Kier molecular flexibility index (Phi) is 4.99. The van der Waals surface area contributed by atoms with Gasteiger partial charge in [-0.15, -0.1) is 0 Å². The zero-order valence-corrected chi connectivity index (χ0v) is 12.9. The van der Waals surface area contributed by atoms with Crippen molar-refractivity contribution in [2.75, 3.05) is 31.1 Å². The van der Waals surface area contributed by atoms with Crippen molar-refractivity contribution in [1.29, 1.82) is 0 Å². The number of hydrogen-bond acceptors (Lipinski definition) is 2. The quantitative estimate of drug-likeness (QED) is 0.910. The Hall–Kier alpha value is -1.14. The van der Waals surface area contributed by atoms with E-state index in [4.69, 9.17) is 0 Å². The second-order valence-electron chi connectivity index (χ2n) is 5.04. The van der Waals surface area contributed by atoms with Crippen LogP contribution in [0.1, 0.15) is 13.3 Å². The molecule has 20 heavy (non-hydrogen) atoms. The number of hydrogen-bond donors (Lipinski definition) is 1. The van der Waals surface area contributed by atoms with Gasteiger partial charge in [0.15, 0.2) is 0 Å². The first-order chi connectivity index (χ1) is 9.51. The molecule has 0 spiro atoms. The van der Waals surface area contributed by atoms with Crippen LogP contribution in [0, 0.1) is 11.7 Å². The third-order valence-electron chi connectivity index (χ3n) is 3.69. The Morgan fingerprint density at radius 3 is 2.90 bits per heavy atom. The first-order valence-electron chi connectivity index (χ1n) is 6.69. The Bertz CT molecular complexity index is 498. The summed E-state index contributed by atoms with van der Waals surface area (Å²) in [5.74, 6) is -0.0630. The minimum atomic E-state index is -1.01. The van der Waals surface area contributed by atoms with Crippen LogP contribution in [0.4, 0.5) is 14.9 Å². The third-order valence-corrected chi connectivity index (χ3v) is 4.32. The van der Waals surface area contributed by atoms with E-state index < -0.39 is 6.09 Å². The molecule has 0 aliphatic carbocycles. The molecule has 1 aromatic rings. The first kappa shape index (κ1) is 15.3. The summed E-state index contributed by atoms with van der Waals surface area (Å²) in [4.78, 5) is 15.1. The van der Waals surface area contributed by atoms with Gasteiger partial charge in [0.25, 0.3) is 0 Å². The third kappa shape index (κ3) is 3.49. The minimum Gasteiger partial charge on any atom is -0.465 e. The lowest BCUT2D eigenvalue weighted by molar-refractivity contribution is 0.200. The van der Waals surface area contributed by atoms with E-state index in [9.17, 15) is 14.3 Å².